The van der Waals surface area contributed by atoms with E-state index in [-0.39, 0.29) is 23.6 Å². The fourth-order valence-electron chi connectivity index (χ4n) is 2.54. The number of hydrogen-bond donors (Lipinski definition) is 2. The van der Waals surface area contributed by atoms with E-state index in [1.807, 2.05) is 17.0 Å². The lowest BCUT2D eigenvalue weighted by molar-refractivity contribution is 0.600. The first-order valence-corrected chi connectivity index (χ1v) is 7.85. The predicted molar refractivity (Wildman–Crippen MR) is 75.3 cm³/mol. The molecule has 0 radical (unpaired) electrons. The molecule has 2 saturated heterocycles. The highest BCUT2D eigenvalue weighted by Crippen LogP contribution is 2.29. The molecule has 3 N–H and O–H groups in total. The Morgan fingerprint density at radius 1 is 1.28 bits per heavy atom. The number of nitrogens with zero attached hydrogens (tertiary/aromatic N) is 1. The molecular weight excluding hydrogens is 270 g/mol. The molecule has 2 heterocycles. The Balaban J connectivity index is 1.96. The number of anilines is 2. The van der Waals surface area contributed by atoms with Gasteiger partial charge >= 0.3 is 0 Å². The Bertz CT molecular complexity index is 597. The highest BCUT2D eigenvalue weighted by molar-refractivity contribution is 7.91. The number of nitrogens with one attached hydrogen (secondary N) is 1. The van der Waals surface area contributed by atoms with Gasteiger partial charge in [0.2, 0.25) is 0 Å². The summed E-state index contributed by atoms with van der Waals surface area (Å²) < 4.78 is 23.3. The summed E-state index contributed by atoms with van der Waals surface area (Å²) in [6.45, 7) is 0. The molecule has 2 aliphatic heterocycles. The van der Waals surface area contributed by atoms with Crippen molar-refractivity contribution in [2.75, 3.05) is 22.1 Å². The Hall–Kier alpha value is -1.34. The van der Waals surface area contributed by atoms with E-state index in [2.05, 4.69) is 5.32 Å². The summed E-state index contributed by atoms with van der Waals surface area (Å²) in [4.78, 5) is 1.88. The molecular formula is C11H13N3O2S2. The van der Waals surface area contributed by atoms with E-state index in [1.165, 1.54) is 0 Å². The third-order valence-corrected chi connectivity index (χ3v) is 5.38. The molecule has 5 nitrogen and oxygen atoms in total. The molecule has 7 heteroatoms. The second kappa shape index (κ2) is 3.83. The van der Waals surface area contributed by atoms with Crippen LogP contribution in [-0.2, 0) is 9.84 Å². The zero-order chi connectivity index (χ0) is 12.9. The molecule has 0 aliphatic carbocycles. The minimum Gasteiger partial charge on any atom is -0.399 e. The van der Waals surface area contributed by atoms with Crippen LogP contribution in [0.15, 0.2) is 24.3 Å². The smallest absolute Gasteiger partial charge is 0.174 e. The Labute approximate surface area is 111 Å². The van der Waals surface area contributed by atoms with Gasteiger partial charge in [-0.1, -0.05) is 0 Å². The monoisotopic (exact) mass is 283 g/mol. The van der Waals surface area contributed by atoms with Gasteiger partial charge in [-0.3, -0.25) is 0 Å². The van der Waals surface area contributed by atoms with E-state index >= 15 is 0 Å². The first-order chi connectivity index (χ1) is 8.46. The van der Waals surface area contributed by atoms with Crippen LogP contribution >= 0.6 is 12.2 Å². The molecule has 1 aromatic rings. The van der Waals surface area contributed by atoms with Crippen LogP contribution in [0, 0.1) is 0 Å². The van der Waals surface area contributed by atoms with Gasteiger partial charge in [-0.15, -0.1) is 0 Å². The molecule has 0 spiro atoms. The van der Waals surface area contributed by atoms with E-state index in [0.29, 0.717) is 10.8 Å². The van der Waals surface area contributed by atoms with Gasteiger partial charge in [-0.25, -0.2) is 8.42 Å². The van der Waals surface area contributed by atoms with Crippen LogP contribution in [0.1, 0.15) is 0 Å². The molecule has 0 amide bonds. The Morgan fingerprint density at radius 2 is 1.94 bits per heavy atom. The van der Waals surface area contributed by atoms with Gasteiger partial charge in [0.25, 0.3) is 0 Å². The Morgan fingerprint density at radius 3 is 2.61 bits per heavy atom. The molecule has 1 aromatic carbocycles. The zero-order valence-corrected chi connectivity index (χ0v) is 11.2. The topological polar surface area (TPSA) is 75.4 Å². The fourth-order valence-corrected chi connectivity index (χ4v) is 4.83. The third-order valence-electron chi connectivity index (χ3n) is 3.35. The number of nitrogens with two attached hydrogens (primary N) is 1. The van der Waals surface area contributed by atoms with Crippen molar-refractivity contribution in [2.24, 2.45) is 0 Å². The third kappa shape index (κ3) is 1.83. The number of nitrogen functional groups attached to an aromatic ring is 1. The van der Waals surface area contributed by atoms with Gasteiger partial charge in [-0.05, 0) is 36.5 Å². The number of sulfone groups is 1. The summed E-state index contributed by atoms with van der Waals surface area (Å²) in [5, 5.41) is 3.67. The van der Waals surface area contributed by atoms with Gasteiger partial charge in [0.15, 0.2) is 14.9 Å². The standard InChI is InChI=1S/C11H13N3O2S2/c12-7-1-3-8(4-2-7)14-10-6-18(15,16)5-9(10)13-11(14)17/h1-4,9-10H,5-6,12H2,(H,13,17)/t9-,10-/m0/s1. The number of fused-ring (bicyclic) bond motifs is 1. The first-order valence-electron chi connectivity index (χ1n) is 5.62. The van der Waals surface area contributed by atoms with Gasteiger partial charge < -0.3 is 16.0 Å². The molecule has 2 fully saturated rings. The molecule has 0 saturated carbocycles. The van der Waals surface area contributed by atoms with Crippen molar-refractivity contribution in [3.8, 4) is 0 Å². The van der Waals surface area contributed by atoms with Crippen LogP contribution in [0.2, 0.25) is 0 Å². The molecule has 2 atom stereocenters. The van der Waals surface area contributed by atoms with Crippen LogP contribution in [0.25, 0.3) is 0 Å². The van der Waals surface area contributed by atoms with Crippen molar-refractivity contribution in [1.82, 2.24) is 5.32 Å². The largest absolute Gasteiger partial charge is 0.399 e. The molecule has 3 rings (SSSR count). The van der Waals surface area contributed by atoms with E-state index in [9.17, 15) is 8.42 Å². The fraction of sp³-hybridized carbons (Fsp3) is 0.364. The van der Waals surface area contributed by atoms with Crippen molar-refractivity contribution >= 4 is 38.5 Å². The van der Waals surface area contributed by atoms with Crippen molar-refractivity contribution in [2.45, 2.75) is 12.1 Å². The van der Waals surface area contributed by atoms with E-state index < -0.39 is 9.84 Å². The maximum absolute atomic E-state index is 11.7. The van der Waals surface area contributed by atoms with Crippen molar-refractivity contribution in [3.05, 3.63) is 24.3 Å². The van der Waals surface area contributed by atoms with Crippen LogP contribution in [-0.4, -0.2) is 37.1 Å². The van der Waals surface area contributed by atoms with Crippen molar-refractivity contribution in [1.29, 1.82) is 0 Å². The van der Waals surface area contributed by atoms with Crippen LogP contribution < -0.4 is 16.0 Å². The van der Waals surface area contributed by atoms with Crippen molar-refractivity contribution < 1.29 is 8.42 Å². The summed E-state index contributed by atoms with van der Waals surface area (Å²) in [5.41, 5.74) is 7.20. The van der Waals surface area contributed by atoms with Gasteiger partial charge in [0, 0.05) is 11.4 Å². The van der Waals surface area contributed by atoms with E-state index in [4.69, 9.17) is 18.0 Å². The quantitative estimate of drug-likeness (QED) is 0.563. The van der Waals surface area contributed by atoms with Crippen LogP contribution in [0.4, 0.5) is 11.4 Å². The highest BCUT2D eigenvalue weighted by atomic mass is 32.2. The number of rotatable bonds is 1. The first kappa shape index (κ1) is 11.7. The molecule has 2 aliphatic rings. The normalized spacial score (nSPS) is 29.1. The van der Waals surface area contributed by atoms with Gasteiger partial charge in [0.1, 0.15) is 0 Å². The van der Waals surface area contributed by atoms with E-state index in [1.54, 1.807) is 12.1 Å². The minimum atomic E-state index is -2.97. The summed E-state index contributed by atoms with van der Waals surface area (Å²) in [6, 6.07) is 7.09. The molecule has 18 heavy (non-hydrogen) atoms. The maximum atomic E-state index is 11.7. The lowest BCUT2D eigenvalue weighted by Crippen LogP contribution is -2.36. The SMILES string of the molecule is Nc1ccc(N2C(=S)N[C@H]3CS(=O)(=O)C[C@@H]32)cc1. The highest BCUT2D eigenvalue weighted by Gasteiger charge is 2.47. The number of hydrogen-bond acceptors (Lipinski definition) is 4. The Kier molecular flexibility index (Phi) is 2.49. The van der Waals surface area contributed by atoms with Crippen molar-refractivity contribution in [3.63, 3.8) is 0 Å². The van der Waals surface area contributed by atoms with E-state index in [0.717, 1.165) is 5.69 Å². The van der Waals surface area contributed by atoms with Gasteiger partial charge in [-0.2, -0.15) is 0 Å². The minimum absolute atomic E-state index is 0.0972. The van der Waals surface area contributed by atoms with Crippen LogP contribution in [0.3, 0.4) is 0 Å². The molecule has 0 aromatic heterocycles. The lowest BCUT2D eigenvalue weighted by atomic mass is 10.1. The summed E-state index contributed by atoms with van der Waals surface area (Å²) in [5.74, 6) is 0.304. The summed E-state index contributed by atoms with van der Waals surface area (Å²) in [6.07, 6.45) is 0. The summed E-state index contributed by atoms with van der Waals surface area (Å²) in [7, 11) is -2.97. The second-order valence-electron chi connectivity index (χ2n) is 4.66. The van der Waals surface area contributed by atoms with Gasteiger partial charge in [0.05, 0.1) is 23.6 Å². The predicted octanol–water partition coefficient (Wildman–Crippen LogP) is 0.129. The molecule has 96 valence electrons. The molecule has 0 bridgehead atoms. The number of benzene rings is 1. The lowest BCUT2D eigenvalue weighted by Gasteiger charge is -2.23. The maximum Gasteiger partial charge on any atom is 0.174 e. The molecule has 0 unspecified atom stereocenters. The van der Waals surface area contributed by atoms with Crippen LogP contribution in [0.5, 0.6) is 0 Å². The average Bonchev–Trinajstić information content (AvgIpc) is 2.70. The number of thiocarbonyl (C=S) groups is 1. The summed E-state index contributed by atoms with van der Waals surface area (Å²) >= 11 is 5.27. The zero-order valence-electron chi connectivity index (χ0n) is 9.54. The second-order valence-corrected chi connectivity index (χ2v) is 7.20. The average molecular weight is 283 g/mol.